The quantitative estimate of drug-likeness (QED) is 0.0708. The molecule has 0 atom stereocenters. The summed E-state index contributed by atoms with van der Waals surface area (Å²) in [5, 5.41) is 0. The van der Waals surface area contributed by atoms with Crippen LogP contribution in [-0.2, 0) is 38.8 Å². The van der Waals surface area contributed by atoms with Gasteiger partial charge in [0.2, 0.25) is 5.78 Å². The summed E-state index contributed by atoms with van der Waals surface area (Å²) in [6.07, 6.45) is -18.8. The van der Waals surface area contributed by atoms with Gasteiger partial charge in [-0.05, 0) is 12.1 Å². The van der Waals surface area contributed by atoms with Crippen molar-refractivity contribution in [2.75, 3.05) is 18.3 Å². The van der Waals surface area contributed by atoms with Gasteiger partial charge in [0.05, 0.1) is 32.2 Å². The van der Waals surface area contributed by atoms with Crippen molar-refractivity contribution in [3.8, 4) is 0 Å². The standard InChI is InChI=1S/C28H16BF12.C10H12BrO2S/c30-25(31,32)17-1-9-21(10-2-17)29(22-11-3-18(4-12-22)26(33,34)35,23-13-5-19(6-14-23)27(36,37)38)24-15-7-20(8-16-24)28(39,40)41;1-14(2,13)7-10(12)8-3-5-9(11)6-4-8/h1-16H;3-6H,7H2,1-2H3/q-1;+1. The molecule has 0 bridgehead atoms. The molecular weight excluding hydrogens is 839 g/mol. The molecule has 292 valence electrons. The molecule has 0 aliphatic carbocycles. The zero-order chi connectivity index (χ0) is 41.2. The molecule has 0 radical (unpaired) electrons. The van der Waals surface area contributed by atoms with Crippen molar-refractivity contribution in [3.63, 3.8) is 0 Å². The Balaban J connectivity index is 0.000000404. The SMILES string of the molecule is C[S+](C)(=O)CC(=O)c1ccc(Br)cc1.FC(F)(F)c1ccc([B-](c2ccc(C(F)(F)F)cc2)(c2ccc(C(F)(F)F)cc2)c2ccc(C(F)(F)F)cc2)cc1. The highest BCUT2D eigenvalue weighted by atomic mass is 79.9. The number of benzene rings is 5. The lowest BCUT2D eigenvalue weighted by Crippen LogP contribution is -2.74. The maximum absolute atomic E-state index is 13.3. The summed E-state index contributed by atoms with van der Waals surface area (Å²) in [7, 11) is -1.99. The average Bonchev–Trinajstić information content (AvgIpc) is 3.08. The second-order valence-corrected chi connectivity index (χ2v) is 16.9. The van der Waals surface area contributed by atoms with Crippen LogP contribution < -0.4 is 21.9 Å². The van der Waals surface area contributed by atoms with Crippen LogP contribution in [-0.4, -0.2) is 30.2 Å². The van der Waals surface area contributed by atoms with Gasteiger partial charge in [-0.1, -0.05) is 125 Å². The van der Waals surface area contributed by atoms with Crippen LogP contribution in [0.2, 0.25) is 0 Å². The smallest absolute Gasteiger partial charge is 0.289 e. The van der Waals surface area contributed by atoms with Gasteiger partial charge in [0, 0.05) is 10.0 Å². The molecule has 55 heavy (non-hydrogen) atoms. The highest BCUT2D eigenvalue weighted by Gasteiger charge is 2.38. The number of carbonyl (C=O) groups excluding carboxylic acids is 1. The number of ketones is 1. The minimum Gasteiger partial charge on any atom is -0.289 e. The van der Waals surface area contributed by atoms with E-state index in [2.05, 4.69) is 15.9 Å². The Hall–Kier alpha value is -4.38. The zero-order valence-electron chi connectivity index (χ0n) is 28.5. The Kier molecular flexibility index (Phi) is 12.6. The van der Waals surface area contributed by atoms with Crippen LogP contribution >= 0.6 is 15.9 Å². The molecule has 0 spiro atoms. The second kappa shape index (κ2) is 16.0. The van der Waals surface area contributed by atoms with Gasteiger partial charge in [-0.3, -0.25) is 4.79 Å². The molecular formula is C38H28BBrF12O2S. The molecule has 0 aliphatic heterocycles. The van der Waals surface area contributed by atoms with Gasteiger partial charge < -0.3 is 0 Å². The molecule has 0 saturated heterocycles. The number of Topliss-reactive ketones (excluding diaryl/α,β-unsaturated/α-hetero) is 1. The summed E-state index contributed by atoms with van der Waals surface area (Å²) in [6, 6.07) is 20.6. The lowest BCUT2D eigenvalue weighted by atomic mass is 9.13. The molecule has 5 aromatic rings. The predicted octanol–water partition coefficient (Wildman–Crippen LogP) is 9.53. The van der Waals surface area contributed by atoms with E-state index in [9.17, 15) is 61.7 Å². The first kappa shape index (κ1) is 43.4. The van der Waals surface area contributed by atoms with Crippen molar-refractivity contribution < 1.29 is 61.7 Å². The van der Waals surface area contributed by atoms with Gasteiger partial charge in [0.1, 0.15) is 18.7 Å². The molecule has 0 saturated carbocycles. The van der Waals surface area contributed by atoms with Gasteiger partial charge in [0.25, 0.3) is 0 Å². The van der Waals surface area contributed by atoms with E-state index >= 15 is 0 Å². The number of hydrogen-bond donors (Lipinski definition) is 0. The maximum Gasteiger partial charge on any atom is 0.416 e. The van der Waals surface area contributed by atoms with Crippen LogP contribution in [0.4, 0.5) is 52.7 Å². The Bertz CT molecular complexity index is 1880. The highest BCUT2D eigenvalue weighted by molar-refractivity contribution is 9.10. The van der Waals surface area contributed by atoms with Gasteiger partial charge in [-0.25, -0.2) is 0 Å². The Labute approximate surface area is 317 Å². The van der Waals surface area contributed by atoms with Crippen LogP contribution in [0.25, 0.3) is 0 Å². The third kappa shape index (κ3) is 10.7. The number of rotatable bonds is 7. The van der Waals surface area contributed by atoms with Crippen LogP contribution in [0, 0.1) is 0 Å². The first-order chi connectivity index (χ1) is 25.2. The van der Waals surface area contributed by atoms with Crippen molar-refractivity contribution >= 4 is 59.6 Å². The first-order valence-corrected chi connectivity index (χ1v) is 19.1. The van der Waals surface area contributed by atoms with E-state index < -0.39 is 63.0 Å². The third-order valence-corrected chi connectivity index (χ3v) is 10.1. The molecule has 2 nitrogen and oxygen atoms in total. The summed E-state index contributed by atoms with van der Waals surface area (Å²) in [6.45, 7) is 0. The van der Waals surface area contributed by atoms with Crippen LogP contribution in [0.5, 0.6) is 0 Å². The van der Waals surface area contributed by atoms with E-state index in [0.29, 0.717) is 54.1 Å². The lowest BCUT2D eigenvalue weighted by Gasteiger charge is -2.44. The van der Waals surface area contributed by atoms with Crippen molar-refractivity contribution in [1.82, 2.24) is 0 Å². The summed E-state index contributed by atoms with van der Waals surface area (Å²) in [4.78, 5) is 11.6. The van der Waals surface area contributed by atoms with Gasteiger partial charge in [0.15, 0.2) is 5.75 Å². The highest BCUT2D eigenvalue weighted by Crippen LogP contribution is 2.32. The molecule has 0 amide bonds. The summed E-state index contributed by atoms with van der Waals surface area (Å²) in [5.74, 6) is 0.0572. The monoisotopic (exact) mass is 866 g/mol. The number of carbonyl (C=O) groups is 1. The maximum atomic E-state index is 13.3. The average molecular weight is 867 g/mol. The van der Waals surface area contributed by atoms with E-state index in [4.69, 9.17) is 0 Å². The summed E-state index contributed by atoms with van der Waals surface area (Å²) >= 11 is 3.29. The fourth-order valence-electron chi connectivity index (χ4n) is 6.03. The molecule has 17 heteroatoms. The van der Waals surface area contributed by atoms with Crippen LogP contribution in [0.15, 0.2) is 126 Å². The molecule has 0 unspecified atom stereocenters. The van der Waals surface area contributed by atoms with Gasteiger partial charge in [-0.15, -0.1) is 4.21 Å². The van der Waals surface area contributed by atoms with Gasteiger partial charge in [-0.2, -0.15) is 74.5 Å². The Morgan fingerprint density at radius 1 is 0.473 bits per heavy atom. The van der Waals surface area contributed by atoms with E-state index in [0.717, 1.165) is 53.0 Å². The number of alkyl halides is 12. The molecule has 0 N–H and O–H groups in total. The van der Waals surface area contributed by atoms with E-state index in [1.165, 1.54) is 0 Å². The van der Waals surface area contributed by atoms with E-state index in [1.807, 2.05) is 0 Å². The normalized spacial score (nSPS) is 12.9. The van der Waals surface area contributed by atoms with Crippen LogP contribution in [0.3, 0.4) is 0 Å². The minimum atomic E-state index is -4.77. The molecule has 5 aromatic carbocycles. The lowest BCUT2D eigenvalue weighted by molar-refractivity contribution is -0.138. The topological polar surface area (TPSA) is 34.1 Å². The predicted molar refractivity (Wildman–Crippen MR) is 193 cm³/mol. The fourth-order valence-corrected chi connectivity index (χ4v) is 7.10. The van der Waals surface area contributed by atoms with Crippen molar-refractivity contribution in [2.24, 2.45) is 0 Å². The van der Waals surface area contributed by atoms with Crippen LogP contribution in [0.1, 0.15) is 32.6 Å². The van der Waals surface area contributed by atoms with E-state index in [-0.39, 0.29) is 33.4 Å². The van der Waals surface area contributed by atoms with Crippen molar-refractivity contribution in [3.05, 3.63) is 154 Å². The van der Waals surface area contributed by atoms with E-state index in [1.54, 1.807) is 36.8 Å². The Morgan fingerprint density at radius 3 is 0.909 bits per heavy atom. The number of halogens is 13. The molecule has 0 aromatic heterocycles. The van der Waals surface area contributed by atoms with Crippen molar-refractivity contribution in [2.45, 2.75) is 24.7 Å². The van der Waals surface area contributed by atoms with Gasteiger partial charge >= 0.3 is 24.7 Å². The molecule has 0 heterocycles. The second-order valence-electron chi connectivity index (χ2n) is 12.9. The Morgan fingerprint density at radius 2 is 0.709 bits per heavy atom. The third-order valence-electron chi connectivity index (χ3n) is 8.60. The number of hydrogen-bond acceptors (Lipinski definition) is 2. The zero-order valence-corrected chi connectivity index (χ0v) is 30.9. The molecule has 0 aliphatic rings. The fraction of sp³-hybridized carbons (Fsp3) is 0.184. The van der Waals surface area contributed by atoms with Crippen molar-refractivity contribution in [1.29, 1.82) is 0 Å². The summed E-state index contributed by atoms with van der Waals surface area (Å²) < 4.78 is 172. The molecule has 0 fully saturated rings. The summed E-state index contributed by atoms with van der Waals surface area (Å²) in [5.41, 5.74) is -3.68. The molecule has 5 rings (SSSR count). The first-order valence-electron chi connectivity index (χ1n) is 15.8. The minimum absolute atomic E-state index is 0.0114. The largest absolute Gasteiger partial charge is 0.416 e.